The number of fused-ring (bicyclic) bond motifs is 1. The molecule has 2 aromatic carbocycles. The Bertz CT molecular complexity index is 1500. The molecular weight excluding hydrogens is 570 g/mol. The van der Waals surface area contributed by atoms with Crippen LogP contribution in [0.1, 0.15) is 53.9 Å². The van der Waals surface area contributed by atoms with Gasteiger partial charge in [0.25, 0.3) is 5.79 Å². The summed E-state index contributed by atoms with van der Waals surface area (Å²) in [6.45, 7) is 3.93. The average Bonchev–Trinajstić information content (AvgIpc) is 3.49. The molecular formula is C31H33F4N3O5. The standard InChI is InChI=1S/C31H33F4N3O5/c1-20-6-8-24(25(32)16-20)30(2)42-26-5-3-4-23(29(26)43-30)21-10-12-37(13-11-21)18-27-36-17-22(7-9-28(39)40)38(27)14-15-41-19-31(33,34)35/h3-9,16-17,21H,10-15,18-19H2,1-2H3,(H,39,40)/b9-7+/t30-/m0/s1. The van der Waals surface area contributed by atoms with Crippen molar-refractivity contribution >= 4 is 12.0 Å². The number of alkyl halides is 3. The van der Waals surface area contributed by atoms with E-state index in [0.29, 0.717) is 35.1 Å². The van der Waals surface area contributed by atoms with Crippen molar-refractivity contribution in [2.24, 2.45) is 0 Å². The number of para-hydroxylation sites is 1. The second kappa shape index (κ2) is 12.4. The minimum atomic E-state index is -4.43. The molecule has 0 spiro atoms. The molecule has 0 saturated carbocycles. The van der Waals surface area contributed by atoms with E-state index in [2.05, 4.69) is 9.88 Å². The number of rotatable bonds is 10. The van der Waals surface area contributed by atoms with Crippen LogP contribution in [0.5, 0.6) is 11.5 Å². The maximum atomic E-state index is 14.8. The second-order valence-electron chi connectivity index (χ2n) is 10.9. The summed E-state index contributed by atoms with van der Waals surface area (Å²) in [5.74, 6) is -0.860. The van der Waals surface area contributed by atoms with Crippen molar-refractivity contribution in [1.29, 1.82) is 0 Å². The first kappa shape index (κ1) is 30.6. The molecule has 12 heteroatoms. The number of imidazole rings is 1. The molecule has 5 rings (SSSR count). The fourth-order valence-electron chi connectivity index (χ4n) is 5.62. The zero-order valence-corrected chi connectivity index (χ0v) is 23.9. The minimum Gasteiger partial charge on any atom is -0.478 e. The fourth-order valence-corrected chi connectivity index (χ4v) is 5.62. The number of likely N-dealkylation sites (tertiary alicyclic amines) is 1. The van der Waals surface area contributed by atoms with Gasteiger partial charge in [-0.15, -0.1) is 0 Å². The average molecular weight is 604 g/mol. The molecule has 0 amide bonds. The largest absolute Gasteiger partial charge is 0.478 e. The first-order valence-corrected chi connectivity index (χ1v) is 14.0. The molecule has 0 unspecified atom stereocenters. The summed E-state index contributed by atoms with van der Waals surface area (Å²) in [6.07, 6.45) is 1.00. The molecule has 1 N–H and O–H groups in total. The molecule has 230 valence electrons. The van der Waals surface area contributed by atoms with Crippen LogP contribution >= 0.6 is 0 Å². The summed E-state index contributed by atoms with van der Waals surface area (Å²) in [4.78, 5) is 17.7. The summed E-state index contributed by atoms with van der Waals surface area (Å²) in [7, 11) is 0. The molecule has 1 aromatic heterocycles. The summed E-state index contributed by atoms with van der Waals surface area (Å²) >= 11 is 0. The van der Waals surface area contributed by atoms with Crippen molar-refractivity contribution in [3.8, 4) is 11.5 Å². The highest BCUT2D eigenvalue weighted by Crippen LogP contribution is 2.49. The third-order valence-electron chi connectivity index (χ3n) is 7.71. The van der Waals surface area contributed by atoms with E-state index in [4.69, 9.17) is 19.3 Å². The van der Waals surface area contributed by atoms with Crippen LogP contribution in [-0.2, 0) is 28.4 Å². The number of hydrogen-bond donors (Lipinski definition) is 1. The maximum absolute atomic E-state index is 14.8. The zero-order chi connectivity index (χ0) is 30.8. The molecule has 0 radical (unpaired) electrons. The van der Waals surface area contributed by atoms with Crippen LogP contribution in [0.2, 0.25) is 0 Å². The highest BCUT2D eigenvalue weighted by atomic mass is 19.4. The normalized spacial score (nSPS) is 19.4. The highest BCUT2D eigenvalue weighted by Gasteiger charge is 2.43. The van der Waals surface area contributed by atoms with Crippen LogP contribution in [0.3, 0.4) is 0 Å². The van der Waals surface area contributed by atoms with Crippen molar-refractivity contribution < 1.29 is 41.7 Å². The van der Waals surface area contributed by atoms with Gasteiger partial charge >= 0.3 is 12.1 Å². The number of piperidine rings is 1. The number of aryl methyl sites for hydroxylation is 1. The molecule has 3 heterocycles. The number of benzene rings is 2. The Morgan fingerprint density at radius 1 is 1.21 bits per heavy atom. The van der Waals surface area contributed by atoms with E-state index in [9.17, 15) is 22.4 Å². The van der Waals surface area contributed by atoms with E-state index in [0.717, 1.165) is 43.1 Å². The zero-order valence-electron chi connectivity index (χ0n) is 23.9. The third kappa shape index (κ3) is 7.19. The van der Waals surface area contributed by atoms with Gasteiger partial charge in [0.15, 0.2) is 11.5 Å². The number of carbonyl (C=O) groups is 1. The van der Waals surface area contributed by atoms with E-state index in [1.165, 1.54) is 18.3 Å². The van der Waals surface area contributed by atoms with Crippen molar-refractivity contribution in [2.75, 3.05) is 26.3 Å². The van der Waals surface area contributed by atoms with E-state index >= 15 is 0 Å². The lowest BCUT2D eigenvalue weighted by molar-refractivity contribution is -0.174. The molecule has 1 atom stereocenters. The van der Waals surface area contributed by atoms with E-state index in [1.54, 1.807) is 17.6 Å². The predicted molar refractivity (Wildman–Crippen MR) is 149 cm³/mol. The first-order valence-electron chi connectivity index (χ1n) is 14.0. The van der Waals surface area contributed by atoms with E-state index in [1.807, 2.05) is 31.2 Å². The van der Waals surface area contributed by atoms with E-state index in [-0.39, 0.29) is 19.1 Å². The lowest BCUT2D eigenvalue weighted by Crippen LogP contribution is -2.34. The van der Waals surface area contributed by atoms with Gasteiger partial charge in [-0.3, -0.25) is 4.90 Å². The Morgan fingerprint density at radius 2 is 1.98 bits per heavy atom. The number of carboxylic acids is 1. The van der Waals surface area contributed by atoms with Gasteiger partial charge in [0.05, 0.1) is 30.6 Å². The van der Waals surface area contributed by atoms with Crippen molar-refractivity contribution in [1.82, 2.24) is 14.5 Å². The van der Waals surface area contributed by atoms with Gasteiger partial charge in [-0.25, -0.2) is 14.2 Å². The molecule has 1 fully saturated rings. The van der Waals surface area contributed by atoms with Crippen LogP contribution in [-0.4, -0.2) is 58.0 Å². The van der Waals surface area contributed by atoms with Gasteiger partial charge in [-0.2, -0.15) is 13.2 Å². The number of aliphatic carboxylic acids is 1. The summed E-state index contributed by atoms with van der Waals surface area (Å²) in [5.41, 5.74) is 2.59. The number of nitrogens with zero attached hydrogens (tertiary/aromatic N) is 3. The molecule has 0 aliphatic carbocycles. The van der Waals surface area contributed by atoms with Crippen molar-refractivity contribution in [2.45, 2.75) is 57.7 Å². The Kier molecular flexibility index (Phi) is 8.79. The van der Waals surface area contributed by atoms with Crippen LogP contribution in [0.15, 0.2) is 48.7 Å². The molecule has 1 saturated heterocycles. The summed E-state index contributed by atoms with van der Waals surface area (Å²) < 4.78 is 71.3. The lowest BCUT2D eigenvalue weighted by Gasteiger charge is -2.32. The molecule has 2 aliphatic heterocycles. The van der Waals surface area contributed by atoms with Gasteiger partial charge in [0.1, 0.15) is 18.2 Å². The molecule has 43 heavy (non-hydrogen) atoms. The Balaban J connectivity index is 1.25. The molecule has 2 aliphatic rings. The maximum Gasteiger partial charge on any atom is 0.411 e. The van der Waals surface area contributed by atoms with Gasteiger partial charge in [-0.1, -0.05) is 18.2 Å². The summed E-state index contributed by atoms with van der Waals surface area (Å²) in [6, 6.07) is 10.7. The van der Waals surface area contributed by atoms with Crippen LogP contribution in [0, 0.1) is 12.7 Å². The first-order chi connectivity index (χ1) is 20.4. The Labute approximate surface area is 246 Å². The SMILES string of the molecule is Cc1ccc([C@@]2(C)Oc3cccc(C4CCN(Cc5ncc(/C=C/C(=O)O)n5CCOCC(F)(F)F)CC4)c3O2)c(F)c1. The fraction of sp³-hybridized carbons (Fsp3) is 0.419. The number of hydrogen-bond acceptors (Lipinski definition) is 6. The van der Waals surface area contributed by atoms with Crippen LogP contribution in [0.25, 0.3) is 6.08 Å². The smallest absolute Gasteiger partial charge is 0.411 e. The molecule has 8 nitrogen and oxygen atoms in total. The van der Waals surface area contributed by atoms with Gasteiger partial charge in [0.2, 0.25) is 0 Å². The van der Waals surface area contributed by atoms with Crippen LogP contribution < -0.4 is 9.47 Å². The van der Waals surface area contributed by atoms with Gasteiger partial charge in [0, 0.05) is 25.1 Å². The van der Waals surface area contributed by atoms with Gasteiger partial charge in [-0.05, 0) is 68.6 Å². The van der Waals surface area contributed by atoms with Crippen molar-refractivity contribution in [3.05, 3.63) is 82.7 Å². The number of ether oxygens (including phenoxy) is 3. The monoisotopic (exact) mass is 603 g/mol. The van der Waals surface area contributed by atoms with Crippen molar-refractivity contribution in [3.63, 3.8) is 0 Å². The van der Waals surface area contributed by atoms with Crippen LogP contribution in [0.4, 0.5) is 17.6 Å². The quantitative estimate of drug-likeness (QED) is 0.172. The van der Waals surface area contributed by atoms with E-state index < -0.39 is 30.4 Å². The number of halogens is 4. The predicted octanol–water partition coefficient (Wildman–Crippen LogP) is 6.03. The third-order valence-corrected chi connectivity index (χ3v) is 7.71. The molecule has 3 aromatic rings. The second-order valence-corrected chi connectivity index (χ2v) is 10.9. The molecule has 0 bridgehead atoms. The number of aromatic nitrogens is 2. The lowest BCUT2D eigenvalue weighted by atomic mass is 9.88. The Hall–Kier alpha value is -3.90. The Morgan fingerprint density at radius 3 is 2.67 bits per heavy atom. The minimum absolute atomic E-state index is 0.0923. The van der Waals surface area contributed by atoms with Gasteiger partial charge < -0.3 is 23.9 Å². The summed E-state index contributed by atoms with van der Waals surface area (Å²) in [5, 5.41) is 9.02. The highest BCUT2D eigenvalue weighted by molar-refractivity contribution is 5.84. The number of carboxylic acid groups (broad SMARTS) is 1. The topological polar surface area (TPSA) is 86.1 Å².